The molecule has 42 heavy (non-hydrogen) atoms. The van der Waals surface area contributed by atoms with Crippen LogP contribution in [-0.4, -0.2) is 49.6 Å². The van der Waals surface area contributed by atoms with Crippen molar-refractivity contribution in [3.8, 4) is 0 Å². The van der Waals surface area contributed by atoms with Crippen molar-refractivity contribution in [1.29, 1.82) is 0 Å². The normalized spacial score (nSPS) is 17.5. The largest absolute Gasteiger partial charge is 0.596 e. The van der Waals surface area contributed by atoms with E-state index in [1.54, 1.807) is 31.2 Å². The first-order valence-corrected chi connectivity index (χ1v) is 14.3. The van der Waals surface area contributed by atoms with Gasteiger partial charge in [0.1, 0.15) is 6.61 Å². The maximum atomic E-state index is 13.5. The van der Waals surface area contributed by atoms with E-state index in [4.69, 9.17) is 4.74 Å². The maximum Gasteiger partial charge on any atom is 0.333 e. The van der Waals surface area contributed by atoms with Crippen molar-refractivity contribution in [3.05, 3.63) is 124 Å². The summed E-state index contributed by atoms with van der Waals surface area (Å²) in [6.45, 7) is 5.41. The van der Waals surface area contributed by atoms with Crippen LogP contribution in [0.1, 0.15) is 23.6 Å². The molecule has 4 rings (SSSR count). The Hall–Kier alpha value is -4.52. The molecule has 2 unspecified atom stereocenters. The Kier molecular flexibility index (Phi) is 10.1. The second-order valence-electron chi connectivity index (χ2n) is 9.73. The highest BCUT2D eigenvalue weighted by molar-refractivity contribution is 7.90. The Morgan fingerprint density at radius 1 is 1.00 bits per heavy atom. The number of carbonyl (C=O) groups excluding carboxylic acids is 3. The third-order valence-electron chi connectivity index (χ3n) is 6.58. The van der Waals surface area contributed by atoms with E-state index in [0.717, 1.165) is 16.0 Å². The highest BCUT2D eigenvalue weighted by Crippen LogP contribution is 2.31. The number of nitro benzene ring substituents is 1. The molecule has 2 N–H and O–H groups in total. The number of esters is 1. The van der Waals surface area contributed by atoms with Crippen molar-refractivity contribution in [1.82, 2.24) is 14.9 Å². The van der Waals surface area contributed by atoms with Gasteiger partial charge in [-0.1, -0.05) is 67.2 Å². The molecule has 0 radical (unpaired) electrons. The Bertz CT molecular complexity index is 1440. The van der Waals surface area contributed by atoms with E-state index in [1.807, 2.05) is 36.4 Å². The van der Waals surface area contributed by atoms with E-state index in [2.05, 4.69) is 16.6 Å². The van der Waals surface area contributed by atoms with Crippen LogP contribution in [0.15, 0.2) is 97.1 Å². The summed E-state index contributed by atoms with van der Waals surface area (Å²) in [5.41, 5.74) is 2.26. The lowest BCUT2D eigenvalue weighted by Gasteiger charge is -2.48. The van der Waals surface area contributed by atoms with Crippen LogP contribution in [0.4, 0.5) is 5.69 Å². The summed E-state index contributed by atoms with van der Waals surface area (Å²) in [6, 6.07) is 21.3. The van der Waals surface area contributed by atoms with Gasteiger partial charge in [0.15, 0.2) is 12.1 Å². The van der Waals surface area contributed by atoms with Gasteiger partial charge in [0.05, 0.1) is 29.3 Å². The maximum absolute atomic E-state index is 13.5. The molecular weight excluding hydrogens is 560 g/mol. The number of hydrogen-bond acceptors (Lipinski definition) is 8. The summed E-state index contributed by atoms with van der Waals surface area (Å²) in [5, 5.41) is 12.5. The van der Waals surface area contributed by atoms with Crippen molar-refractivity contribution in [2.45, 2.75) is 44.0 Å². The molecule has 1 fully saturated rings. The molecular formula is C30H30N4O7S. The van der Waals surface area contributed by atoms with E-state index >= 15 is 0 Å². The average Bonchev–Trinajstić information content (AvgIpc) is 2.98. The Balaban J connectivity index is 1.50. The van der Waals surface area contributed by atoms with Gasteiger partial charge in [-0.25, -0.2) is 4.79 Å². The molecule has 2 amide bonds. The van der Waals surface area contributed by atoms with Gasteiger partial charge in [0.25, 0.3) is 11.6 Å². The predicted molar refractivity (Wildman–Crippen MR) is 156 cm³/mol. The summed E-state index contributed by atoms with van der Waals surface area (Å²) >= 11 is -1.90. The van der Waals surface area contributed by atoms with E-state index in [0.29, 0.717) is 5.56 Å². The molecule has 12 heteroatoms. The van der Waals surface area contributed by atoms with E-state index < -0.39 is 51.5 Å². The molecule has 0 bridgehead atoms. The zero-order valence-electron chi connectivity index (χ0n) is 22.8. The summed E-state index contributed by atoms with van der Waals surface area (Å²) in [6.07, 6.45) is 0.0165. The van der Waals surface area contributed by atoms with E-state index in [9.17, 15) is 29.1 Å². The summed E-state index contributed by atoms with van der Waals surface area (Å²) in [5.74, 6) is -1.85. The summed E-state index contributed by atoms with van der Waals surface area (Å²) < 4.78 is 21.9. The molecule has 11 nitrogen and oxygen atoms in total. The lowest BCUT2D eigenvalue weighted by molar-refractivity contribution is -0.384. The molecule has 3 aromatic carbocycles. The Labute approximate surface area is 246 Å². The molecule has 3 aromatic rings. The van der Waals surface area contributed by atoms with Crippen LogP contribution in [-0.2, 0) is 50.1 Å². The third kappa shape index (κ3) is 7.40. The first-order valence-electron chi connectivity index (χ1n) is 13.0. The molecule has 0 spiro atoms. The molecule has 1 saturated heterocycles. The fourth-order valence-electron chi connectivity index (χ4n) is 4.46. The Morgan fingerprint density at radius 3 is 2.17 bits per heavy atom. The van der Waals surface area contributed by atoms with Crippen molar-refractivity contribution >= 4 is 34.8 Å². The number of likely N-dealkylation sites (tertiary alicyclic amines) is 1. The molecule has 1 aliphatic rings. The zero-order chi connectivity index (χ0) is 30.2. The minimum atomic E-state index is -1.90. The standard InChI is InChI=1S/C30H30N4O7S/c1-20(2)27(30(37)41-19-23-13-15-24(16-14-23)34(38)39)33-28(36)26(32-25(35)17-21-9-5-3-6-10-21)29(33)42(40)31-18-22-11-7-4-8-12-22/h3-16,26-27,29,31H,1,17-19H2,2H3,(H,32,35)/t26-,27?,29-,42?/m1/s1. The number of nitrogens with zero attached hydrogens (tertiary/aromatic N) is 2. The van der Waals surface area contributed by atoms with Gasteiger partial charge in [-0.05, 0) is 41.3 Å². The number of non-ortho nitro benzene ring substituents is 1. The number of carbonyl (C=O) groups is 3. The predicted octanol–water partition coefficient (Wildman–Crippen LogP) is 2.93. The number of hydrogen-bond donors (Lipinski definition) is 2. The van der Waals surface area contributed by atoms with Gasteiger partial charge < -0.3 is 14.6 Å². The van der Waals surface area contributed by atoms with Crippen molar-refractivity contribution in [2.75, 3.05) is 0 Å². The second kappa shape index (κ2) is 13.9. The van der Waals surface area contributed by atoms with Crippen molar-refractivity contribution in [2.24, 2.45) is 0 Å². The minimum Gasteiger partial charge on any atom is -0.596 e. The first kappa shape index (κ1) is 30.4. The number of β-lactam (4-membered cyclic amide) rings is 1. The quantitative estimate of drug-likeness (QED) is 0.0769. The third-order valence-corrected chi connectivity index (χ3v) is 7.95. The van der Waals surface area contributed by atoms with Crippen molar-refractivity contribution < 1.29 is 28.6 Å². The number of amides is 2. The van der Waals surface area contributed by atoms with Crippen LogP contribution in [0, 0.1) is 10.1 Å². The molecule has 0 aromatic heterocycles. The van der Waals surface area contributed by atoms with Crippen LogP contribution < -0.4 is 10.0 Å². The van der Waals surface area contributed by atoms with Gasteiger partial charge in [-0.15, -0.1) is 4.72 Å². The van der Waals surface area contributed by atoms with E-state index in [-0.39, 0.29) is 30.8 Å². The van der Waals surface area contributed by atoms with Gasteiger partial charge in [-0.2, -0.15) is 0 Å². The highest BCUT2D eigenvalue weighted by atomic mass is 32.2. The number of nitrogens with one attached hydrogen (secondary N) is 2. The number of rotatable bonds is 13. The van der Waals surface area contributed by atoms with Crippen LogP contribution in [0.25, 0.3) is 0 Å². The van der Waals surface area contributed by atoms with Crippen LogP contribution in [0.5, 0.6) is 0 Å². The van der Waals surface area contributed by atoms with Gasteiger partial charge >= 0.3 is 5.97 Å². The number of benzene rings is 3. The summed E-state index contributed by atoms with van der Waals surface area (Å²) in [7, 11) is 0. The van der Waals surface area contributed by atoms with E-state index in [1.165, 1.54) is 24.3 Å². The van der Waals surface area contributed by atoms with Gasteiger partial charge in [0.2, 0.25) is 11.3 Å². The summed E-state index contributed by atoms with van der Waals surface area (Å²) in [4.78, 5) is 51.0. The Morgan fingerprint density at radius 2 is 1.60 bits per heavy atom. The topological polar surface area (TPSA) is 154 Å². The number of ether oxygens (including phenoxy) is 1. The fraction of sp³-hybridized carbons (Fsp3) is 0.233. The van der Waals surface area contributed by atoms with Crippen LogP contribution in [0.3, 0.4) is 0 Å². The van der Waals surface area contributed by atoms with Crippen molar-refractivity contribution in [3.63, 3.8) is 0 Å². The fourth-order valence-corrected chi connectivity index (χ4v) is 5.80. The molecule has 4 atom stereocenters. The SMILES string of the molecule is C=C(C)C(C(=O)OCc1ccc([N+](=O)[O-])cc1)N1C(=O)[C@@H](NC(=O)Cc2ccccc2)[C@H]1[S+]([O-])NCc1ccccc1. The molecule has 218 valence electrons. The number of nitro groups is 1. The van der Waals surface area contributed by atoms with Crippen LogP contribution in [0.2, 0.25) is 0 Å². The smallest absolute Gasteiger partial charge is 0.333 e. The molecule has 0 aliphatic carbocycles. The minimum absolute atomic E-state index is 0.0165. The van der Waals surface area contributed by atoms with Gasteiger partial charge in [-0.3, -0.25) is 24.6 Å². The molecule has 1 heterocycles. The molecule has 0 saturated carbocycles. The van der Waals surface area contributed by atoms with Gasteiger partial charge in [0, 0.05) is 12.1 Å². The second-order valence-corrected chi connectivity index (χ2v) is 11.1. The zero-order valence-corrected chi connectivity index (χ0v) is 23.6. The lowest BCUT2D eigenvalue weighted by Crippen LogP contribution is -2.77. The monoisotopic (exact) mass is 590 g/mol. The lowest BCUT2D eigenvalue weighted by atomic mass is 9.99. The highest BCUT2D eigenvalue weighted by Gasteiger charge is 2.60. The first-order chi connectivity index (χ1) is 20.2. The average molecular weight is 591 g/mol. The molecule has 1 aliphatic heterocycles. The van der Waals surface area contributed by atoms with Crippen LogP contribution >= 0.6 is 0 Å².